The predicted octanol–water partition coefficient (Wildman–Crippen LogP) is 4.32. The maximum Gasteiger partial charge on any atom is 0.423 e. The van der Waals surface area contributed by atoms with Crippen molar-refractivity contribution in [2.75, 3.05) is 18.0 Å². The SMILES string of the molecule is N#Cc1c(N2CCC(c3ccc(C(F)(F)F)cc3)CC2)[nH]n2c(=O)c(C(F)(F)F)cnc12. The fourth-order valence-corrected chi connectivity index (χ4v) is 3.91. The van der Waals surface area contributed by atoms with Crippen molar-refractivity contribution < 1.29 is 26.3 Å². The number of benzene rings is 1. The molecule has 6 nitrogen and oxygen atoms in total. The van der Waals surface area contributed by atoms with Crippen LogP contribution in [0.5, 0.6) is 0 Å². The first-order valence-corrected chi connectivity index (χ1v) is 9.54. The van der Waals surface area contributed by atoms with Crippen LogP contribution in [0.3, 0.4) is 0 Å². The van der Waals surface area contributed by atoms with Gasteiger partial charge in [0.2, 0.25) is 0 Å². The topological polar surface area (TPSA) is 77.2 Å². The molecule has 0 radical (unpaired) electrons. The Hall–Kier alpha value is -3.49. The lowest BCUT2D eigenvalue weighted by Gasteiger charge is -2.33. The van der Waals surface area contributed by atoms with Crippen molar-refractivity contribution in [1.82, 2.24) is 14.6 Å². The minimum absolute atomic E-state index is 0.0128. The van der Waals surface area contributed by atoms with E-state index < -0.39 is 29.0 Å². The van der Waals surface area contributed by atoms with Crippen molar-refractivity contribution in [2.45, 2.75) is 31.1 Å². The third kappa shape index (κ3) is 3.79. The van der Waals surface area contributed by atoms with E-state index >= 15 is 0 Å². The van der Waals surface area contributed by atoms with Gasteiger partial charge in [0, 0.05) is 19.3 Å². The van der Waals surface area contributed by atoms with Crippen molar-refractivity contribution in [2.24, 2.45) is 0 Å². The first-order chi connectivity index (χ1) is 15.0. The van der Waals surface area contributed by atoms with E-state index in [0.717, 1.165) is 17.7 Å². The van der Waals surface area contributed by atoms with Gasteiger partial charge in [-0.25, -0.2) is 4.98 Å². The average Bonchev–Trinajstić information content (AvgIpc) is 3.12. The standard InChI is InChI=1S/C20H15F6N5O/c21-19(22,23)13-3-1-11(2-4-13)12-5-7-30(8-6-12)17-14(9-27)16-28-10-15(20(24,25)26)18(32)31(16)29-17/h1-4,10,12,29H,5-8H2. The minimum Gasteiger partial charge on any atom is -0.356 e. The molecule has 3 aromatic rings. The summed E-state index contributed by atoms with van der Waals surface area (Å²) in [5.41, 5.74) is -3.04. The number of hydrogen-bond acceptors (Lipinski definition) is 4. The van der Waals surface area contributed by atoms with Crippen LogP contribution in [0.1, 0.15) is 41.0 Å². The Kier molecular flexibility index (Phi) is 5.15. The maximum atomic E-state index is 13.0. The normalized spacial score (nSPS) is 15.8. The van der Waals surface area contributed by atoms with Gasteiger partial charge in [-0.1, -0.05) is 12.1 Å². The van der Waals surface area contributed by atoms with Gasteiger partial charge in [-0.2, -0.15) is 36.1 Å². The van der Waals surface area contributed by atoms with Crippen molar-refractivity contribution in [3.63, 3.8) is 0 Å². The zero-order valence-corrected chi connectivity index (χ0v) is 16.3. The van der Waals surface area contributed by atoms with Crippen molar-refractivity contribution in [1.29, 1.82) is 5.26 Å². The Morgan fingerprint density at radius 1 is 1.03 bits per heavy atom. The lowest BCUT2D eigenvalue weighted by Crippen LogP contribution is -2.34. The van der Waals surface area contributed by atoms with Gasteiger partial charge in [0.1, 0.15) is 23.0 Å². The largest absolute Gasteiger partial charge is 0.423 e. The molecule has 1 fully saturated rings. The van der Waals surface area contributed by atoms with Crippen LogP contribution in [0.15, 0.2) is 35.3 Å². The smallest absolute Gasteiger partial charge is 0.356 e. The van der Waals surface area contributed by atoms with Gasteiger partial charge in [0.15, 0.2) is 5.65 Å². The van der Waals surface area contributed by atoms with Crippen LogP contribution in [-0.2, 0) is 12.4 Å². The van der Waals surface area contributed by atoms with Gasteiger partial charge in [-0.05, 0) is 36.5 Å². The highest BCUT2D eigenvalue weighted by Gasteiger charge is 2.36. The van der Waals surface area contributed by atoms with E-state index in [1.807, 2.05) is 6.07 Å². The van der Waals surface area contributed by atoms with Crippen LogP contribution >= 0.6 is 0 Å². The zero-order chi connectivity index (χ0) is 23.3. The highest BCUT2D eigenvalue weighted by Crippen LogP contribution is 2.35. The Labute approximate surface area is 176 Å². The molecule has 168 valence electrons. The molecule has 0 saturated carbocycles. The third-order valence-corrected chi connectivity index (χ3v) is 5.58. The van der Waals surface area contributed by atoms with E-state index in [1.54, 1.807) is 4.90 Å². The summed E-state index contributed by atoms with van der Waals surface area (Å²) in [6.07, 6.45) is -7.80. The minimum atomic E-state index is -4.89. The van der Waals surface area contributed by atoms with Crippen molar-refractivity contribution in [3.8, 4) is 6.07 Å². The molecule has 1 N–H and O–H groups in total. The number of piperidine rings is 1. The van der Waals surface area contributed by atoms with Crippen LogP contribution < -0.4 is 10.5 Å². The third-order valence-electron chi connectivity index (χ3n) is 5.58. The molecule has 0 spiro atoms. The highest BCUT2D eigenvalue weighted by atomic mass is 19.4. The Balaban J connectivity index is 1.58. The maximum absolute atomic E-state index is 13.0. The number of halogens is 6. The van der Waals surface area contributed by atoms with E-state index in [1.165, 1.54) is 12.1 Å². The molecule has 0 amide bonds. The summed E-state index contributed by atoms with van der Waals surface area (Å²) in [6.45, 7) is 0.766. The molecule has 4 rings (SSSR count). The van der Waals surface area contributed by atoms with E-state index in [0.29, 0.717) is 36.6 Å². The quantitative estimate of drug-likeness (QED) is 0.584. The molecule has 12 heteroatoms. The molecule has 0 atom stereocenters. The number of aromatic nitrogens is 3. The van der Waals surface area contributed by atoms with Crippen LogP contribution in [0.4, 0.5) is 32.2 Å². The Morgan fingerprint density at radius 2 is 1.66 bits per heavy atom. The number of nitriles is 1. The number of fused-ring (bicyclic) bond motifs is 1. The first kappa shape index (κ1) is 21.7. The fraction of sp³-hybridized carbons (Fsp3) is 0.350. The molecule has 1 aliphatic rings. The number of aromatic amines is 1. The van der Waals surface area contributed by atoms with Crippen LogP contribution in [-0.4, -0.2) is 27.7 Å². The summed E-state index contributed by atoms with van der Waals surface area (Å²) >= 11 is 0. The van der Waals surface area contributed by atoms with Gasteiger partial charge < -0.3 is 4.90 Å². The second-order valence-electron chi connectivity index (χ2n) is 7.46. The van der Waals surface area contributed by atoms with Gasteiger partial charge in [-0.3, -0.25) is 9.89 Å². The zero-order valence-electron chi connectivity index (χ0n) is 16.3. The summed E-state index contributed by atoms with van der Waals surface area (Å²) in [7, 11) is 0. The molecule has 1 aliphatic heterocycles. The average molecular weight is 455 g/mol. The molecule has 1 aromatic carbocycles. The van der Waals surface area contributed by atoms with E-state index in [-0.39, 0.29) is 22.9 Å². The number of alkyl halides is 6. The van der Waals surface area contributed by atoms with E-state index in [9.17, 15) is 36.4 Å². The summed E-state index contributed by atoms with van der Waals surface area (Å²) in [5.74, 6) is 0.170. The molecule has 0 unspecified atom stereocenters. The highest BCUT2D eigenvalue weighted by molar-refractivity contribution is 5.68. The lowest BCUT2D eigenvalue weighted by atomic mass is 9.89. The van der Waals surface area contributed by atoms with Crippen molar-refractivity contribution in [3.05, 3.63) is 63.1 Å². The lowest BCUT2D eigenvalue weighted by molar-refractivity contribution is -0.139. The van der Waals surface area contributed by atoms with Crippen molar-refractivity contribution >= 4 is 11.5 Å². The van der Waals surface area contributed by atoms with Gasteiger partial charge in [0.25, 0.3) is 5.56 Å². The summed E-state index contributed by atoms with van der Waals surface area (Å²) in [4.78, 5) is 17.6. The molecule has 1 saturated heterocycles. The number of nitrogens with zero attached hydrogens (tertiary/aromatic N) is 4. The monoisotopic (exact) mass is 455 g/mol. The molecular weight excluding hydrogens is 440 g/mol. The van der Waals surface area contributed by atoms with Crippen LogP contribution in [0.2, 0.25) is 0 Å². The Morgan fingerprint density at radius 3 is 2.19 bits per heavy atom. The molecule has 0 bridgehead atoms. The fourth-order valence-electron chi connectivity index (χ4n) is 3.91. The number of hydrogen-bond donors (Lipinski definition) is 1. The van der Waals surface area contributed by atoms with E-state index in [2.05, 4.69) is 10.1 Å². The van der Waals surface area contributed by atoms with Gasteiger partial charge in [0.05, 0.1) is 5.56 Å². The molecule has 3 heterocycles. The van der Waals surface area contributed by atoms with Gasteiger partial charge >= 0.3 is 12.4 Å². The number of anilines is 1. The number of H-pyrrole nitrogens is 1. The summed E-state index contributed by atoms with van der Waals surface area (Å²) in [6, 6.07) is 6.82. The second kappa shape index (κ2) is 7.58. The van der Waals surface area contributed by atoms with Crippen LogP contribution in [0, 0.1) is 11.3 Å². The van der Waals surface area contributed by atoms with Crippen LogP contribution in [0.25, 0.3) is 5.65 Å². The number of nitrogens with one attached hydrogen (secondary N) is 1. The van der Waals surface area contributed by atoms with E-state index in [4.69, 9.17) is 0 Å². The molecular formula is C20H15F6N5O. The Bertz CT molecular complexity index is 1240. The van der Waals surface area contributed by atoms with Gasteiger partial charge in [-0.15, -0.1) is 0 Å². The molecule has 0 aliphatic carbocycles. The summed E-state index contributed by atoms with van der Waals surface area (Å²) < 4.78 is 77.9. The first-order valence-electron chi connectivity index (χ1n) is 9.54. The second-order valence-corrected chi connectivity index (χ2v) is 7.46. The molecule has 2 aromatic heterocycles. The predicted molar refractivity (Wildman–Crippen MR) is 101 cm³/mol. The number of rotatable bonds is 2. The molecule has 32 heavy (non-hydrogen) atoms. The summed E-state index contributed by atoms with van der Waals surface area (Å²) in [5, 5.41) is 12.1.